The van der Waals surface area contributed by atoms with Crippen LogP contribution in [0.5, 0.6) is 11.5 Å². The van der Waals surface area contributed by atoms with Gasteiger partial charge in [0.05, 0.1) is 23.5 Å². The van der Waals surface area contributed by atoms with Crippen molar-refractivity contribution in [3.8, 4) is 11.5 Å². The van der Waals surface area contributed by atoms with E-state index >= 15 is 0 Å². The highest BCUT2D eigenvalue weighted by Crippen LogP contribution is 2.33. The van der Waals surface area contributed by atoms with Crippen molar-refractivity contribution in [2.75, 3.05) is 13.7 Å². The summed E-state index contributed by atoms with van der Waals surface area (Å²) < 4.78 is 13.6. The van der Waals surface area contributed by atoms with Crippen LogP contribution in [0, 0.1) is 3.57 Å². The summed E-state index contributed by atoms with van der Waals surface area (Å²) in [6.45, 7) is 2.74. The van der Waals surface area contributed by atoms with E-state index < -0.39 is 0 Å². The Morgan fingerprint density at radius 1 is 1.35 bits per heavy atom. The molecule has 2 rings (SSSR count). The van der Waals surface area contributed by atoms with Gasteiger partial charge in [0.25, 0.3) is 0 Å². The van der Waals surface area contributed by atoms with Crippen molar-refractivity contribution < 1.29 is 9.47 Å². The quantitative estimate of drug-likeness (QED) is 0.566. The molecule has 0 radical (unpaired) electrons. The topological polar surface area (TPSA) is 61.5 Å². The predicted molar refractivity (Wildman–Crippen MR) is 84.5 cm³/mol. The van der Waals surface area contributed by atoms with E-state index in [0.717, 1.165) is 21.3 Å². The van der Waals surface area contributed by atoms with Crippen molar-refractivity contribution in [1.29, 1.82) is 0 Å². The average molecular weight is 386 g/mol. The SMILES string of the molecule is CCCOc1c(I)cc(/C=N\n2cnnc2)cc1OC. The Labute approximate surface area is 130 Å². The molecule has 2 aromatic rings. The first-order chi connectivity index (χ1) is 9.74. The first-order valence-corrected chi connectivity index (χ1v) is 7.21. The third-order valence-electron chi connectivity index (χ3n) is 2.45. The lowest BCUT2D eigenvalue weighted by molar-refractivity contribution is 0.292. The fraction of sp³-hybridized carbons (Fsp3) is 0.308. The van der Waals surface area contributed by atoms with Gasteiger partial charge in [-0.25, -0.2) is 4.68 Å². The summed E-state index contributed by atoms with van der Waals surface area (Å²) >= 11 is 2.23. The maximum atomic E-state index is 5.71. The lowest BCUT2D eigenvalue weighted by Crippen LogP contribution is -2.01. The fourth-order valence-corrected chi connectivity index (χ4v) is 2.33. The molecule has 20 heavy (non-hydrogen) atoms. The van der Waals surface area contributed by atoms with Crippen LogP contribution >= 0.6 is 22.6 Å². The normalized spacial score (nSPS) is 10.9. The third-order valence-corrected chi connectivity index (χ3v) is 3.25. The van der Waals surface area contributed by atoms with E-state index in [0.29, 0.717) is 12.4 Å². The second-order valence-electron chi connectivity index (χ2n) is 3.97. The van der Waals surface area contributed by atoms with Gasteiger partial charge >= 0.3 is 0 Å². The summed E-state index contributed by atoms with van der Waals surface area (Å²) in [5, 5.41) is 11.6. The van der Waals surface area contributed by atoms with E-state index in [1.54, 1.807) is 13.3 Å². The smallest absolute Gasteiger partial charge is 0.174 e. The predicted octanol–water partition coefficient (Wildman–Crippen LogP) is 2.56. The van der Waals surface area contributed by atoms with Gasteiger partial charge < -0.3 is 9.47 Å². The summed E-state index contributed by atoms with van der Waals surface area (Å²) in [5.41, 5.74) is 0.920. The minimum Gasteiger partial charge on any atom is -0.493 e. The van der Waals surface area contributed by atoms with Crippen LogP contribution in [-0.2, 0) is 0 Å². The highest BCUT2D eigenvalue weighted by Gasteiger charge is 2.10. The van der Waals surface area contributed by atoms with Crippen molar-refractivity contribution in [2.45, 2.75) is 13.3 Å². The average Bonchev–Trinajstić information content (AvgIpc) is 2.96. The third kappa shape index (κ3) is 3.69. The van der Waals surface area contributed by atoms with Crippen LogP contribution in [0.3, 0.4) is 0 Å². The molecule has 0 aliphatic rings. The van der Waals surface area contributed by atoms with Crippen LogP contribution < -0.4 is 9.47 Å². The Morgan fingerprint density at radius 2 is 2.10 bits per heavy atom. The molecule has 0 N–H and O–H groups in total. The Bertz CT molecular complexity index is 584. The molecule has 0 amide bonds. The number of rotatable bonds is 6. The van der Waals surface area contributed by atoms with Crippen molar-refractivity contribution in [3.05, 3.63) is 33.9 Å². The van der Waals surface area contributed by atoms with Gasteiger partial charge in [0.2, 0.25) is 0 Å². The minimum atomic E-state index is 0.667. The van der Waals surface area contributed by atoms with Crippen molar-refractivity contribution in [2.24, 2.45) is 5.10 Å². The van der Waals surface area contributed by atoms with E-state index in [4.69, 9.17) is 9.47 Å². The molecule has 0 atom stereocenters. The molecule has 0 fully saturated rings. The zero-order valence-electron chi connectivity index (χ0n) is 11.3. The Kier molecular flexibility index (Phi) is 5.33. The van der Waals surface area contributed by atoms with Crippen molar-refractivity contribution >= 4 is 28.8 Å². The molecule has 0 unspecified atom stereocenters. The largest absolute Gasteiger partial charge is 0.493 e. The number of hydrogen-bond acceptors (Lipinski definition) is 5. The van der Waals surface area contributed by atoms with E-state index in [1.807, 2.05) is 12.1 Å². The summed E-state index contributed by atoms with van der Waals surface area (Å²) in [6, 6.07) is 3.88. The summed E-state index contributed by atoms with van der Waals surface area (Å²) in [6.07, 6.45) is 5.72. The first-order valence-electron chi connectivity index (χ1n) is 6.14. The molecule has 6 nitrogen and oxygen atoms in total. The molecule has 0 aliphatic carbocycles. The number of benzene rings is 1. The molecule has 0 saturated heterocycles. The molecule has 1 aromatic heterocycles. The number of aromatic nitrogens is 3. The van der Waals surface area contributed by atoms with Gasteiger partial charge in [0, 0.05) is 0 Å². The highest BCUT2D eigenvalue weighted by atomic mass is 127. The Balaban J connectivity index is 2.25. The van der Waals surface area contributed by atoms with E-state index in [9.17, 15) is 0 Å². The second-order valence-corrected chi connectivity index (χ2v) is 5.13. The van der Waals surface area contributed by atoms with Crippen LogP contribution in [0.2, 0.25) is 0 Å². The van der Waals surface area contributed by atoms with E-state index in [2.05, 4.69) is 44.8 Å². The van der Waals surface area contributed by atoms with Crippen LogP contribution in [0.4, 0.5) is 0 Å². The molecule has 1 aromatic carbocycles. The lowest BCUT2D eigenvalue weighted by atomic mass is 10.2. The molecule has 1 heterocycles. The van der Waals surface area contributed by atoms with Gasteiger partial charge in [-0.2, -0.15) is 5.10 Å². The molecular formula is C13H15IN4O2. The highest BCUT2D eigenvalue weighted by molar-refractivity contribution is 14.1. The molecule has 0 saturated carbocycles. The number of halogens is 1. The van der Waals surface area contributed by atoms with Crippen LogP contribution in [-0.4, -0.2) is 34.8 Å². The zero-order valence-corrected chi connectivity index (χ0v) is 13.4. The summed E-state index contributed by atoms with van der Waals surface area (Å²) in [5.74, 6) is 1.48. The van der Waals surface area contributed by atoms with Crippen molar-refractivity contribution in [1.82, 2.24) is 14.9 Å². The lowest BCUT2D eigenvalue weighted by Gasteiger charge is -2.12. The molecule has 7 heteroatoms. The van der Waals surface area contributed by atoms with Gasteiger partial charge in [0.15, 0.2) is 11.5 Å². The zero-order chi connectivity index (χ0) is 14.4. The minimum absolute atomic E-state index is 0.667. The van der Waals surface area contributed by atoms with E-state index in [1.165, 1.54) is 17.3 Å². The number of methoxy groups -OCH3 is 1. The van der Waals surface area contributed by atoms with Crippen LogP contribution in [0.1, 0.15) is 18.9 Å². The number of nitrogens with zero attached hydrogens (tertiary/aromatic N) is 4. The van der Waals surface area contributed by atoms with Crippen LogP contribution in [0.25, 0.3) is 0 Å². The molecule has 0 aliphatic heterocycles. The van der Waals surface area contributed by atoms with Gasteiger partial charge in [-0.05, 0) is 46.7 Å². The molecule has 0 spiro atoms. The fourth-order valence-electron chi connectivity index (χ4n) is 1.55. The summed E-state index contributed by atoms with van der Waals surface area (Å²) in [4.78, 5) is 0. The van der Waals surface area contributed by atoms with Crippen molar-refractivity contribution in [3.63, 3.8) is 0 Å². The van der Waals surface area contributed by atoms with Gasteiger partial charge in [-0.1, -0.05) is 6.92 Å². The van der Waals surface area contributed by atoms with Gasteiger partial charge in [-0.15, -0.1) is 10.2 Å². The van der Waals surface area contributed by atoms with Crippen LogP contribution in [0.15, 0.2) is 29.9 Å². The molecule has 0 bridgehead atoms. The molecular weight excluding hydrogens is 371 g/mol. The monoisotopic (exact) mass is 386 g/mol. The Morgan fingerprint density at radius 3 is 2.75 bits per heavy atom. The standard InChI is InChI=1S/C13H15IN4O2/c1-3-4-20-13-11(14)5-10(6-12(13)19-2)7-17-18-8-15-16-9-18/h5-9H,3-4H2,1-2H3/b17-7-. The maximum Gasteiger partial charge on any atom is 0.174 e. The number of ether oxygens (including phenoxy) is 2. The van der Waals surface area contributed by atoms with Gasteiger partial charge in [0.1, 0.15) is 12.7 Å². The van der Waals surface area contributed by atoms with Gasteiger partial charge in [-0.3, -0.25) is 0 Å². The summed E-state index contributed by atoms with van der Waals surface area (Å²) in [7, 11) is 1.63. The first kappa shape index (κ1) is 14.8. The molecule has 106 valence electrons. The maximum absolute atomic E-state index is 5.71. The van der Waals surface area contributed by atoms with E-state index in [-0.39, 0.29) is 0 Å². The Hall–Kier alpha value is -1.64. The second kappa shape index (κ2) is 7.22. The number of hydrogen-bond donors (Lipinski definition) is 0.